The minimum absolute atomic E-state index is 0.0130. The van der Waals surface area contributed by atoms with Gasteiger partial charge >= 0.3 is 6.18 Å². The predicted molar refractivity (Wildman–Crippen MR) is 144 cm³/mol. The lowest BCUT2D eigenvalue weighted by Crippen LogP contribution is -2.31. The Morgan fingerprint density at radius 3 is 2.72 bits per heavy atom. The fourth-order valence-corrected chi connectivity index (χ4v) is 5.93. The number of hydrogen-bond acceptors (Lipinski definition) is 6. The highest BCUT2D eigenvalue weighted by Gasteiger charge is 2.32. The topological polar surface area (TPSA) is 62.3 Å². The molecule has 12 heteroatoms. The van der Waals surface area contributed by atoms with E-state index in [4.69, 9.17) is 12.2 Å². The van der Waals surface area contributed by atoms with E-state index >= 15 is 0 Å². The first-order chi connectivity index (χ1) is 17.1. The van der Waals surface area contributed by atoms with Crippen LogP contribution in [-0.2, 0) is 22.2 Å². The first-order valence-corrected chi connectivity index (χ1v) is 13.3. The van der Waals surface area contributed by atoms with Gasteiger partial charge in [-0.25, -0.2) is 4.98 Å². The highest BCUT2D eigenvalue weighted by Crippen LogP contribution is 2.33. The first kappa shape index (κ1) is 26.5. The second-order valence-electron chi connectivity index (χ2n) is 7.69. The number of rotatable bonds is 7. The molecule has 2 heterocycles. The van der Waals surface area contributed by atoms with Crippen molar-refractivity contribution >= 4 is 78.6 Å². The number of aromatic nitrogens is 1. The van der Waals surface area contributed by atoms with Crippen molar-refractivity contribution in [3.8, 4) is 0 Å². The van der Waals surface area contributed by atoms with Crippen LogP contribution in [0.3, 0.4) is 0 Å². The molecule has 1 aromatic heterocycles. The number of nitrogens with zero attached hydrogens (tertiary/aromatic N) is 2. The summed E-state index contributed by atoms with van der Waals surface area (Å²) < 4.78 is 40.0. The molecule has 36 heavy (non-hydrogen) atoms. The summed E-state index contributed by atoms with van der Waals surface area (Å²) in [5.74, 6) is -0.601. The summed E-state index contributed by atoms with van der Waals surface area (Å²) in [7, 11) is 0. The molecule has 0 bridgehead atoms. The Kier molecular flexibility index (Phi) is 8.28. The van der Waals surface area contributed by atoms with Gasteiger partial charge in [-0.05, 0) is 35.4 Å². The molecule has 2 amide bonds. The van der Waals surface area contributed by atoms with Gasteiger partial charge in [-0.2, -0.15) is 13.2 Å². The quantitative estimate of drug-likeness (QED) is 0.237. The number of hydrogen-bond donors (Lipinski definition) is 1. The van der Waals surface area contributed by atoms with Gasteiger partial charge in [-0.15, -0.1) is 11.3 Å². The Hall–Kier alpha value is -2.54. The second kappa shape index (κ2) is 11.2. The lowest BCUT2D eigenvalue weighted by molar-refractivity contribution is -0.137. The molecular formula is C24H17BrF3N3O2S3. The highest BCUT2D eigenvalue weighted by atomic mass is 79.9. The smallest absolute Gasteiger partial charge is 0.302 e. The zero-order chi connectivity index (χ0) is 25.9. The number of anilines is 1. The van der Waals surface area contributed by atoms with Crippen LogP contribution in [0.25, 0.3) is 6.08 Å². The third-order valence-corrected chi connectivity index (χ3v) is 7.80. The minimum atomic E-state index is -4.41. The van der Waals surface area contributed by atoms with E-state index in [2.05, 4.69) is 26.2 Å². The number of carbonyl (C=O) groups excluding carboxylic acids is 2. The van der Waals surface area contributed by atoms with E-state index in [1.165, 1.54) is 40.3 Å². The summed E-state index contributed by atoms with van der Waals surface area (Å²) >= 11 is 11.1. The zero-order valence-electron chi connectivity index (χ0n) is 18.3. The van der Waals surface area contributed by atoms with Crippen molar-refractivity contribution in [3.63, 3.8) is 0 Å². The Morgan fingerprint density at radius 2 is 1.97 bits per heavy atom. The van der Waals surface area contributed by atoms with E-state index < -0.39 is 11.7 Å². The second-order valence-corrected chi connectivity index (χ2v) is 11.4. The fraction of sp³-hybridized carbons (Fsp3) is 0.167. The lowest BCUT2D eigenvalue weighted by atomic mass is 10.1. The normalized spacial score (nSPS) is 15.1. The molecule has 1 aliphatic heterocycles. The molecule has 186 valence electrons. The molecule has 0 saturated carbocycles. The number of thioether (sulfide) groups is 1. The molecule has 5 nitrogen and oxygen atoms in total. The van der Waals surface area contributed by atoms with Gasteiger partial charge in [-0.3, -0.25) is 14.5 Å². The van der Waals surface area contributed by atoms with Crippen LogP contribution < -0.4 is 5.32 Å². The SMILES string of the molecule is O=C(CCN1C(=O)C(=Cc2cccc(Br)c2)SC1=S)Nc1ncc(Cc2cccc(C(F)(F)F)c2)s1. The summed E-state index contributed by atoms with van der Waals surface area (Å²) in [6, 6.07) is 12.6. The zero-order valence-corrected chi connectivity index (χ0v) is 22.4. The standard InChI is InChI=1S/C24H17BrF3N3O2S3/c25-17-6-2-4-15(10-17)12-19-21(33)31(23(34)36-19)8-7-20(32)30-22-29-13-18(35-22)11-14-3-1-5-16(9-14)24(26,27)28/h1-6,9-10,12-13H,7-8,11H2,(H,29,30,32). The van der Waals surface area contributed by atoms with E-state index in [0.29, 0.717) is 24.8 Å². The molecule has 1 saturated heterocycles. The Bertz CT molecular complexity index is 1360. The molecule has 0 aliphatic carbocycles. The van der Waals surface area contributed by atoms with Crippen molar-refractivity contribution in [2.75, 3.05) is 11.9 Å². The van der Waals surface area contributed by atoms with Gasteiger partial charge in [0.05, 0.1) is 10.5 Å². The van der Waals surface area contributed by atoms with Crippen LogP contribution in [0.4, 0.5) is 18.3 Å². The number of halogens is 4. The molecule has 1 fully saturated rings. The molecule has 0 radical (unpaired) electrons. The number of thiocarbonyl (C=S) groups is 1. The van der Waals surface area contributed by atoms with Crippen molar-refractivity contribution in [2.24, 2.45) is 0 Å². The highest BCUT2D eigenvalue weighted by molar-refractivity contribution is 9.10. The Labute approximate surface area is 226 Å². The summed E-state index contributed by atoms with van der Waals surface area (Å²) in [5.41, 5.74) is 0.643. The van der Waals surface area contributed by atoms with Crippen LogP contribution in [-0.4, -0.2) is 32.6 Å². The van der Waals surface area contributed by atoms with Gasteiger partial charge in [0, 0.05) is 34.9 Å². The predicted octanol–water partition coefficient (Wildman–Crippen LogP) is 6.75. The number of nitrogens with one attached hydrogen (secondary N) is 1. The fourth-order valence-electron chi connectivity index (χ4n) is 3.34. The van der Waals surface area contributed by atoms with Gasteiger partial charge in [0.1, 0.15) is 4.32 Å². The van der Waals surface area contributed by atoms with Crippen LogP contribution in [0.1, 0.15) is 28.0 Å². The molecule has 4 rings (SSSR count). The average Bonchev–Trinajstić information content (AvgIpc) is 3.35. The maximum absolute atomic E-state index is 12.9. The lowest BCUT2D eigenvalue weighted by Gasteiger charge is -2.13. The summed E-state index contributed by atoms with van der Waals surface area (Å²) in [4.78, 5) is 31.9. The van der Waals surface area contributed by atoms with E-state index in [1.54, 1.807) is 12.1 Å². The van der Waals surface area contributed by atoms with Crippen molar-refractivity contribution in [2.45, 2.75) is 19.0 Å². The Morgan fingerprint density at radius 1 is 1.19 bits per heavy atom. The third-order valence-electron chi connectivity index (χ3n) is 5.02. The minimum Gasteiger partial charge on any atom is -0.302 e. The third kappa shape index (κ3) is 6.81. The van der Waals surface area contributed by atoms with Crippen LogP contribution in [0.2, 0.25) is 0 Å². The summed E-state index contributed by atoms with van der Waals surface area (Å²) in [6.45, 7) is 0.120. The van der Waals surface area contributed by atoms with Crippen molar-refractivity contribution in [3.05, 3.63) is 85.7 Å². The maximum Gasteiger partial charge on any atom is 0.416 e. The van der Waals surface area contributed by atoms with Gasteiger partial charge < -0.3 is 5.32 Å². The molecule has 0 atom stereocenters. The Balaban J connectivity index is 1.31. The van der Waals surface area contributed by atoms with Crippen molar-refractivity contribution < 1.29 is 22.8 Å². The summed E-state index contributed by atoms with van der Waals surface area (Å²) in [5, 5.41) is 3.01. The monoisotopic (exact) mass is 611 g/mol. The largest absolute Gasteiger partial charge is 0.416 e. The average molecular weight is 613 g/mol. The molecule has 0 unspecified atom stereocenters. The molecule has 0 spiro atoms. The summed E-state index contributed by atoms with van der Waals surface area (Å²) in [6.07, 6.45) is -0.853. The van der Waals surface area contributed by atoms with E-state index in [0.717, 1.165) is 22.2 Å². The van der Waals surface area contributed by atoms with Crippen LogP contribution in [0.5, 0.6) is 0 Å². The number of alkyl halides is 3. The van der Waals surface area contributed by atoms with Crippen molar-refractivity contribution in [1.82, 2.24) is 9.88 Å². The van der Waals surface area contributed by atoms with Crippen LogP contribution >= 0.6 is 51.2 Å². The first-order valence-electron chi connectivity index (χ1n) is 10.5. The van der Waals surface area contributed by atoms with E-state index in [9.17, 15) is 22.8 Å². The van der Waals surface area contributed by atoms with E-state index in [1.807, 2.05) is 24.3 Å². The van der Waals surface area contributed by atoms with Gasteiger partial charge in [-0.1, -0.05) is 70.2 Å². The van der Waals surface area contributed by atoms with Gasteiger partial charge in [0.15, 0.2) is 5.13 Å². The number of benzene rings is 2. The number of carbonyl (C=O) groups is 2. The molecule has 3 aromatic rings. The molecular weight excluding hydrogens is 595 g/mol. The van der Waals surface area contributed by atoms with Crippen LogP contribution in [0, 0.1) is 0 Å². The maximum atomic E-state index is 12.9. The number of thiazole rings is 1. The van der Waals surface area contributed by atoms with Gasteiger partial charge in [0.2, 0.25) is 5.91 Å². The molecule has 2 aromatic carbocycles. The van der Waals surface area contributed by atoms with Gasteiger partial charge in [0.25, 0.3) is 5.91 Å². The van der Waals surface area contributed by atoms with E-state index in [-0.39, 0.29) is 31.2 Å². The number of amides is 2. The van der Waals surface area contributed by atoms with Crippen LogP contribution in [0.15, 0.2) is 64.1 Å². The molecule has 1 N–H and O–H groups in total. The van der Waals surface area contributed by atoms with Crippen molar-refractivity contribution in [1.29, 1.82) is 0 Å². The molecule has 1 aliphatic rings.